The lowest BCUT2D eigenvalue weighted by Crippen LogP contribution is -2.27. The number of rotatable bonds is 6. The molecule has 0 radical (unpaired) electrons. The fourth-order valence-electron chi connectivity index (χ4n) is 3.20. The first-order chi connectivity index (χ1) is 14.1. The quantitative estimate of drug-likeness (QED) is 0.551. The normalized spacial score (nSPS) is 10.9. The first-order valence-corrected chi connectivity index (χ1v) is 9.42. The summed E-state index contributed by atoms with van der Waals surface area (Å²) in [5.74, 6) is -0.114. The highest BCUT2D eigenvalue weighted by Gasteiger charge is 2.08. The summed E-state index contributed by atoms with van der Waals surface area (Å²) in [7, 11) is 0. The van der Waals surface area contributed by atoms with Gasteiger partial charge in [-0.2, -0.15) is 5.10 Å². The average Bonchev–Trinajstić information content (AvgIpc) is 3.28. The zero-order valence-electron chi connectivity index (χ0n) is 16.1. The number of nitrogens with zero attached hydrogens (tertiary/aromatic N) is 4. The van der Waals surface area contributed by atoms with Gasteiger partial charge < -0.3 is 5.32 Å². The Kier molecular flexibility index (Phi) is 5.20. The van der Waals surface area contributed by atoms with Crippen molar-refractivity contribution in [2.75, 3.05) is 0 Å². The fraction of sp³-hybridized carbons (Fsp3) is 0.182. The molecule has 2 aromatic carbocycles. The first-order valence-electron chi connectivity index (χ1n) is 9.42. The van der Waals surface area contributed by atoms with E-state index >= 15 is 0 Å². The van der Waals surface area contributed by atoms with Gasteiger partial charge in [-0.15, -0.1) is 0 Å². The molecule has 29 heavy (non-hydrogen) atoms. The highest BCUT2D eigenvalue weighted by atomic mass is 16.1. The summed E-state index contributed by atoms with van der Waals surface area (Å²) in [6.07, 6.45) is 5.33. The van der Waals surface area contributed by atoms with Crippen LogP contribution in [0.1, 0.15) is 17.5 Å². The number of hydrogen-bond acceptors (Lipinski definition) is 4. The van der Waals surface area contributed by atoms with Gasteiger partial charge in [-0.3, -0.25) is 14.2 Å². The van der Waals surface area contributed by atoms with Crippen LogP contribution in [-0.2, 0) is 17.9 Å². The number of carbonyl (C=O) groups excluding carboxylic acids is 1. The maximum Gasteiger partial charge on any atom is 0.261 e. The SMILES string of the molecule is Cc1cccc2c(=O)n(CCC(=O)NCc3ccc(-n4cccn4)cc3)cnc12. The van der Waals surface area contributed by atoms with Gasteiger partial charge in [0.2, 0.25) is 5.91 Å². The van der Waals surface area contributed by atoms with Crippen LogP contribution in [0.4, 0.5) is 0 Å². The molecular weight excluding hydrogens is 366 g/mol. The third kappa shape index (κ3) is 4.08. The topological polar surface area (TPSA) is 81.8 Å². The Morgan fingerprint density at radius 3 is 2.69 bits per heavy atom. The lowest BCUT2D eigenvalue weighted by Gasteiger charge is -2.09. The minimum absolute atomic E-state index is 0.114. The van der Waals surface area contributed by atoms with Gasteiger partial charge in [0, 0.05) is 31.9 Å². The molecule has 0 fully saturated rings. The van der Waals surface area contributed by atoms with Crippen molar-refractivity contribution >= 4 is 16.8 Å². The fourth-order valence-corrected chi connectivity index (χ4v) is 3.20. The van der Waals surface area contributed by atoms with E-state index in [-0.39, 0.29) is 17.9 Å². The molecule has 0 atom stereocenters. The molecule has 7 heteroatoms. The van der Waals surface area contributed by atoms with E-state index in [0.29, 0.717) is 24.0 Å². The van der Waals surface area contributed by atoms with E-state index in [9.17, 15) is 9.59 Å². The molecule has 2 aromatic heterocycles. The van der Waals surface area contributed by atoms with E-state index in [1.165, 1.54) is 10.9 Å². The first kappa shape index (κ1) is 18.6. The Labute approximate surface area is 167 Å². The summed E-state index contributed by atoms with van der Waals surface area (Å²) in [5, 5.41) is 7.65. The Hall–Kier alpha value is -3.74. The molecule has 7 nitrogen and oxygen atoms in total. The minimum atomic E-state index is -0.124. The highest BCUT2D eigenvalue weighted by Crippen LogP contribution is 2.11. The molecule has 1 N–H and O–H groups in total. The summed E-state index contributed by atoms with van der Waals surface area (Å²) >= 11 is 0. The molecule has 0 spiro atoms. The van der Waals surface area contributed by atoms with E-state index in [1.807, 2.05) is 55.6 Å². The maximum absolute atomic E-state index is 12.6. The van der Waals surface area contributed by atoms with Gasteiger partial charge in [0.25, 0.3) is 5.56 Å². The van der Waals surface area contributed by atoms with Crippen LogP contribution < -0.4 is 10.9 Å². The molecule has 4 aromatic rings. The molecule has 0 unspecified atom stereocenters. The Bertz CT molecular complexity index is 1190. The highest BCUT2D eigenvalue weighted by molar-refractivity contribution is 5.80. The number of aryl methyl sites for hydroxylation is 2. The molecule has 1 amide bonds. The Morgan fingerprint density at radius 2 is 1.93 bits per heavy atom. The van der Waals surface area contributed by atoms with Crippen molar-refractivity contribution in [3.8, 4) is 5.69 Å². The Morgan fingerprint density at radius 1 is 1.10 bits per heavy atom. The molecule has 4 rings (SSSR count). The van der Waals surface area contributed by atoms with Gasteiger partial charge >= 0.3 is 0 Å². The van der Waals surface area contributed by atoms with Crippen LogP contribution in [-0.4, -0.2) is 25.2 Å². The third-order valence-corrected chi connectivity index (χ3v) is 4.83. The zero-order valence-corrected chi connectivity index (χ0v) is 16.1. The van der Waals surface area contributed by atoms with Crippen molar-refractivity contribution in [1.82, 2.24) is 24.6 Å². The van der Waals surface area contributed by atoms with Gasteiger partial charge in [-0.05, 0) is 42.3 Å². The summed E-state index contributed by atoms with van der Waals surface area (Å²) in [6, 6.07) is 15.2. The predicted octanol–water partition coefficient (Wildman–Crippen LogP) is 2.60. The average molecular weight is 387 g/mol. The standard InChI is InChI=1S/C22H21N5O2/c1-16-4-2-5-19-21(16)24-15-26(22(19)29)13-10-20(28)23-14-17-6-8-18(9-7-17)27-12-3-11-25-27/h2-9,11-12,15H,10,13-14H2,1H3,(H,23,28). The number of nitrogens with one attached hydrogen (secondary N) is 1. The van der Waals surface area contributed by atoms with Crippen molar-refractivity contribution < 1.29 is 4.79 Å². The molecule has 0 bridgehead atoms. The van der Waals surface area contributed by atoms with Gasteiger partial charge in [0.05, 0.1) is 22.9 Å². The van der Waals surface area contributed by atoms with Gasteiger partial charge in [-0.25, -0.2) is 9.67 Å². The lowest BCUT2D eigenvalue weighted by atomic mass is 10.1. The van der Waals surface area contributed by atoms with E-state index < -0.39 is 0 Å². The van der Waals surface area contributed by atoms with Crippen molar-refractivity contribution in [1.29, 1.82) is 0 Å². The van der Waals surface area contributed by atoms with Crippen molar-refractivity contribution in [3.63, 3.8) is 0 Å². The monoisotopic (exact) mass is 387 g/mol. The Balaban J connectivity index is 1.34. The number of amides is 1. The second-order valence-electron chi connectivity index (χ2n) is 6.86. The van der Waals surface area contributed by atoms with Crippen LogP contribution in [0.25, 0.3) is 16.6 Å². The summed E-state index contributed by atoms with van der Waals surface area (Å²) in [5.41, 5.74) is 3.50. The van der Waals surface area contributed by atoms with E-state index in [0.717, 1.165) is 16.8 Å². The van der Waals surface area contributed by atoms with Gasteiger partial charge in [-0.1, -0.05) is 24.3 Å². The minimum Gasteiger partial charge on any atom is -0.352 e. The van der Waals surface area contributed by atoms with Crippen LogP contribution in [0.5, 0.6) is 0 Å². The molecule has 0 saturated heterocycles. The smallest absolute Gasteiger partial charge is 0.261 e. The van der Waals surface area contributed by atoms with Gasteiger partial charge in [0.1, 0.15) is 0 Å². The van der Waals surface area contributed by atoms with Crippen molar-refractivity contribution in [2.45, 2.75) is 26.4 Å². The van der Waals surface area contributed by atoms with Crippen LogP contribution >= 0.6 is 0 Å². The van der Waals surface area contributed by atoms with E-state index in [4.69, 9.17) is 0 Å². The number of para-hydroxylation sites is 1. The summed E-state index contributed by atoms with van der Waals surface area (Å²) < 4.78 is 3.26. The van der Waals surface area contributed by atoms with Crippen LogP contribution in [0, 0.1) is 6.92 Å². The summed E-state index contributed by atoms with van der Waals surface area (Å²) in [4.78, 5) is 29.2. The van der Waals surface area contributed by atoms with E-state index in [1.54, 1.807) is 16.9 Å². The molecular formula is C22H21N5O2. The number of carbonyl (C=O) groups is 1. The number of benzene rings is 2. The second kappa shape index (κ2) is 8.10. The number of fused-ring (bicyclic) bond motifs is 1. The molecule has 2 heterocycles. The lowest BCUT2D eigenvalue weighted by molar-refractivity contribution is -0.121. The van der Waals surface area contributed by atoms with Crippen LogP contribution in [0.3, 0.4) is 0 Å². The number of aromatic nitrogens is 4. The van der Waals surface area contributed by atoms with Gasteiger partial charge in [0.15, 0.2) is 0 Å². The van der Waals surface area contributed by atoms with Crippen molar-refractivity contribution in [2.24, 2.45) is 0 Å². The zero-order chi connectivity index (χ0) is 20.2. The maximum atomic E-state index is 12.6. The van der Waals surface area contributed by atoms with Crippen LogP contribution in [0.2, 0.25) is 0 Å². The summed E-state index contributed by atoms with van der Waals surface area (Å²) in [6.45, 7) is 2.65. The second-order valence-corrected chi connectivity index (χ2v) is 6.86. The third-order valence-electron chi connectivity index (χ3n) is 4.83. The molecule has 0 aliphatic rings. The molecule has 0 saturated carbocycles. The predicted molar refractivity (Wildman–Crippen MR) is 111 cm³/mol. The molecule has 146 valence electrons. The van der Waals surface area contributed by atoms with Crippen molar-refractivity contribution in [3.05, 3.63) is 88.7 Å². The molecule has 0 aliphatic heterocycles. The van der Waals surface area contributed by atoms with E-state index in [2.05, 4.69) is 15.4 Å². The van der Waals surface area contributed by atoms with Crippen LogP contribution in [0.15, 0.2) is 72.0 Å². The largest absolute Gasteiger partial charge is 0.352 e. The number of hydrogen-bond donors (Lipinski definition) is 1. The molecule has 0 aliphatic carbocycles.